The van der Waals surface area contributed by atoms with E-state index >= 15 is 4.39 Å². The van der Waals surface area contributed by atoms with Gasteiger partial charge in [-0.25, -0.2) is 4.39 Å². The first kappa shape index (κ1) is 25.5. The number of benzene rings is 2. The highest BCUT2D eigenvalue weighted by molar-refractivity contribution is 8.45. The van der Waals surface area contributed by atoms with Gasteiger partial charge in [-0.1, -0.05) is 19.4 Å². The van der Waals surface area contributed by atoms with Gasteiger partial charge in [0, 0.05) is 24.8 Å². The average molecular weight is 511 g/mol. The summed E-state index contributed by atoms with van der Waals surface area (Å²) in [5, 5.41) is 10.6. The molecule has 34 heavy (non-hydrogen) atoms. The topological polar surface area (TPSA) is 74.7 Å². The van der Waals surface area contributed by atoms with Crippen LogP contribution in [0.3, 0.4) is 0 Å². The van der Waals surface area contributed by atoms with E-state index in [1.165, 1.54) is 13.1 Å². The first-order valence-electron chi connectivity index (χ1n) is 10.1. The molecular formula is C21H23F6N3O3S. The van der Waals surface area contributed by atoms with E-state index in [1.54, 1.807) is 13.8 Å². The Kier molecular flexibility index (Phi) is 6.01. The van der Waals surface area contributed by atoms with Crippen molar-refractivity contribution in [2.24, 2.45) is 0 Å². The Bertz CT molecular complexity index is 1170. The third-order valence-electron chi connectivity index (χ3n) is 5.07. The summed E-state index contributed by atoms with van der Waals surface area (Å²) in [6, 6.07) is 2.80. The standard InChI is InChI=1S/C21H23F6N3O3S/c1-4-32-17-8-13-10-30(21(28)18(13)19(22)20(17)33-5-2)11-16(31)12-6-14(29-3)9-15(7-12)34(23,24,25,26)27/h6-9,28-29H,4-5,10-11H2,1-3H3. The van der Waals surface area contributed by atoms with Crippen LogP contribution in [0.2, 0.25) is 0 Å². The molecule has 1 aliphatic heterocycles. The van der Waals surface area contributed by atoms with Gasteiger partial charge in [0.05, 0.1) is 25.3 Å². The lowest BCUT2D eigenvalue weighted by Crippen LogP contribution is -2.30. The van der Waals surface area contributed by atoms with Crippen LogP contribution in [0, 0.1) is 11.2 Å². The van der Waals surface area contributed by atoms with Crippen LogP contribution in [0.5, 0.6) is 11.5 Å². The van der Waals surface area contributed by atoms with Gasteiger partial charge < -0.3 is 19.7 Å². The average Bonchev–Trinajstić information content (AvgIpc) is 3.04. The van der Waals surface area contributed by atoms with Crippen molar-refractivity contribution in [3.63, 3.8) is 0 Å². The molecule has 0 atom stereocenters. The van der Waals surface area contributed by atoms with Crippen molar-refractivity contribution in [2.45, 2.75) is 25.3 Å². The fourth-order valence-corrected chi connectivity index (χ4v) is 4.25. The molecule has 2 aromatic rings. The molecule has 0 aliphatic carbocycles. The number of anilines is 1. The van der Waals surface area contributed by atoms with Crippen molar-refractivity contribution in [1.82, 2.24) is 4.90 Å². The van der Waals surface area contributed by atoms with Crippen molar-refractivity contribution in [3.8, 4) is 11.5 Å². The van der Waals surface area contributed by atoms with E-state index in [-0.39, 0.29) is 60.5 Å². The highest BCUT2D eigenvalue weighted by atomic mass is 32.5. The maximum atomic E-state index is 15.1. The van der Waals surface area contributed by atoms with Crippen LogP contribution in [0.1, 0.15) is 35.3 Å². The Morgan fingerprint density at radius 1 is 1.09 bits per heavy atom. The van der Waals surface area contributed by atoms with Crippen LogP contribution in [0.4, 0.5) is 29.5 Å². The number of carbonyl (C=O) groups is 1. The second-order valence-corrected chi connectivity index (χ2v) is 9.92. The SMILES string of the molecule is CCOc1cc2c(c(F)c1OCC)C(=N)N(CC(=O)c1cc(NC)cc(S(F)(F)(F)(F)F)c1)C2. The summed E-state index contributed by atoms with van der Waals surface area (Å²) >= 11 is 0. The molecule has 0 saturated carbocycles. The number of Topliss-reactive ketones (excluding diaryl/α,β-unsaturated/α-hetero) is 1. The number of hydrogen-bond acceptors (Lipinski definition) is 5. The largest absolute Gasteiger partial charge is 0.490 e. The number of fused-ring (bicyclic) bond motifs is 1. The number of hydrogen-bond donors (Lipinski definition) is 2. The Morgan fingerprint density at radius 2 is 1.74 bits per heavy atom. The molecule has 1 heterocycles. The first-order valence-corrected chi connectivity index (χ1v) is 12.1. The molecule has 2 aromatic carbocycles. The van der Waals surface area contributed by atoms with Gasteiger partial charge in [-0.15, -0.1) is 0 Å². The zero-order chi connectivity index (χ0) is 25.5. The van der Waals surface area contributed by atoms with Gasteiger partial charge in [0.25, 0.3) is 0 Å². The van der Waals surface area contributed by atoms with Crippen LogP contribution >= 0.6 is 10.2 Å². The van der Waals surface area contributed by atoms with Crippen LogP contribution in [-0.4, -0.2) is 43.3 Å². The summed E-state index contributed by atoms with van der Waals surface area (Å²) < 4.78 is 92.6. The number of carbonyl (C=O) groups excluding carboxylic acids is 1. The molecule has 0 radical (unpaired) electrons. The number of amidine groups is 1. The predicted octanol–water partition coefficient (Wildman–Crippen LogP) is 6.35. The van der Waals surface area contributed by atoms with Gasteiger partial charge in [0.1, 0.15) is 10.7 Å². The van der Waals surface area contributed by atoms with Gasteiger partial charge in [0.15, 0.2) is 23.1 Å². The first-order chi connectivity index (χ1) is 15.6. The molecule has 0 saturated heterocycles. The number of rotatable bonds is 9. The van der Waals surface area contributed by atoms with Crippen LogP contribution in [-0.2, 0) is 6.54 Å². The third-order valence-corrected chi connectivity index (χ3v) is 6.20. The lowest BCUT2D eigenvalue weighted by atomic mass is 10.1. The molecule has 2 N–H and O–H groups in total. The van der Waals surface area contributed by atoms with E-state index in [0.29, 0.717) is 5.56 Å². The summed E-state index contributed by atoms with van der Waals surface area (Å²) in [7, 11) is -8.83. The molecule has 0 spiro atoms. The molecule has 0 bridgehead atoms. The fraction of sp³-hybridized carbons (Fsp3) is 0.333. The Balaban J connectivity index is 1.94. The van der Waals surface area contributed by atoms with Crippen LogP contribution in [0.15, 0.2) is 29.2 Å². The molecule has 3 rings (SSSR count). The van der Waals surface area contributed by atoms with Crippen molar-refractivity contribution < 1.29 is 38.1 Å². The summed E-state index contributed by atoms with van der Waals surface area (Å²) in [5.74, 6) is -2.27. The lowest BCUT2D eigenvalue weighted by Gasteiger charge is -2.40. The summed E-state index contributed by atoms with van der Waals surface area (Å²) in [6.07, 6.45) is 0. The lowest BCUT2D eigenvalue weighted by molar-refractivity contribution is 0.0962. The second-order valence-electron chi connectivity index (χ2n) is 7.51. The number of ether oxygens (including phenoxy) is 2. The summed E-state index contributed by atoms with van der Waals surface area (Å²) in [6.45, 7) is 2.93. The minimum Gasteiger partial charge on any atom is -0.490 e. The minimum absolute atomic E-state index is 0.0958. The van der Waals surface area contributed by atoms with E-state index in [0.717, 1.165) is 11.0 Å². The Morgan fingerprint density at radius 3 is 2.29 bits per heavy atom. The number of nitrogens with zero attached hydrogens (tertiary/aromatic N) is 1. The Hall–Kier alpha value is -3.09. The molecule has 1 aliphatic rings. The third kappa shape index (κ3) is 5.03. The van der Waals surface area contributed by atoms with E-state index < -0.39 is 38.8 Å². The molecule has 0 aromatic heterocycles. The fourth-order valence-electron chi connectivity index (χ4n) is 3.55. The normalized spacial score (nSPS) is 15.4. The molecule has 0 fully saturated rings. The summed E-state index contributed by atoms with van der Waals surface area (Å²) in [4.78, 5) is 11.7. The smallest absolute Gasteiger partial charge is 0.310 e. The quantitative estimate of drug-likeness (QED) is 0.303. The highest BCUT2D eigenvalue weighted by Gasteiger charge is 2.65. The molecule has 188 valence electrons. The van der Waals surface area contributed by atoms with Gasteiger partial charge in [-0.3, -0.25) is 10.2 Å². The highest BCUT2D eigenvalue weighted by Crippen LogP contribution is 3.02. The van der Waals surface area contributed by atoms with Crippen molar-refractivity contribution in [3.05, 3.63) is 46.8 Å². The van der Waals surface area contributed by atoms with Gasteiger partial charge in [0.2, 0.25) is 0 Å². The van der Waals surface area contributed by atoms with Crippen LogP contribution in [0.25, 0.3) is 0 Å². The summed E-state index contributed by atoms with van der Waals surface area (Å²) in [5.41, 5.74) is -0.762. The number of halogens is 6. The van der Waals surface area contributed by atoms with Crippen molar-refractivity contribution in [1.29, 1.82) is 5.41 Å². The maximum Gasteiger partial charge on any atom is 0.310 e. The van der Waals surface area contributed by atoms with Crippen LogP contribution < -0.4 is 14.8 Å². The minimum atomic E-state index is -10.1. The second kappa shape index (κ2) is 8.00. The van der Waals surface area contributed by atoms with Crippen molar-refractivity contribution >= 4 is 27.5 Å². The molecule has 13 heteroatoms. The molecule has 6 nitrogen and oxygen atoms in total. The monoisotopic (exact) mass is 511 g/mol. The maximum absolute atomic E-state index is 15.1. The van der Waals surface area contributed by atoms with Gasteiger partial charge in [-0.05, 0) is 43.7 Å². The zero-order valence-corrected chi connectivity index (χ0v) is 19.3. The molecular weight excluding hydrogens is 488 g/mol. The van der Waals surface area contributed by atoms with Crippen molar-refractivity contribution in [2.75, 3.05) is 32.1 Å². The predicted molar refractivity (Wildman–Crippen MR) is 118 cm³/mol. The van der Waals surface area contributed by atoms with Gasteiger partial charge in [-0.2, -0.15) is 0 Å². The number of ketones is 1. The number of nitrogens with one attached hydrogen (secondary N) is 2. The van der Waals surface area contributed by atoms with E-state index in [1.807, 2.05) is 0 Å². The molecule has 0 amide bonds. The zero-order valence-electron chi connectivity index (χ0n) is 18.5. The Labute approximate surface area is 192 Å². The van der Waals surface area contributed by atoms with Gasteiger partial charge >= 0.3 is 10.2 Å². The van der Waals surface area contributed by atoms with E-state index in [9.17, 15) is 24.2 Å². The van der Waals surface area contributed by atoms with E-state index in [2.05, 4.69) is 5.32 Å². The molecule has 0 unspecified atom stereocenters. The van der Waals surface area contributed by atoms with E-state index in [4.69, 9.17) is 14.9 Å².